The van der Waals surface area contributed by atoms with E-state index >= 15 is 0 Å². The van der Waals surface area contributed by atoms with E-state index in [1.807, 2.05) is 0 Å². The maximum atomic E-state index is 11.9. The average Bonchev–Trinajstić information content (AvgIpc) is 2.27. The van der Waals surface area contributed by atoms with Gasteiger partial charge in [-0.05, 0) is 37.5 Å². The molecule has 0 aromatic rings. The van der Waals surface area contributed by atoms with E-state index in [4.69, 9.17) is 5.73 Å². The number of carbonyl (C=O) groups is 1. The molecule has 1 aliphatic carbocycles. The minimum atomic E-state index is 0.201. The van der Waals surface area contributed by atoms with Crippen molar-refractivity contribution in [1.29, 1.82) is 0 Å². The van der Waals surface area contributed by atoms with E-state index in [1.54, 1.807) is 0 Å². The highest BCUT2D eigenvalue weighted by Crippen LogP contribution is 2.24. The van der Waals surface area contributed by atoms with Gasteiger partial charge in [0.25, 0.3) is 0 Å². The third-order valence-electron chi connectivity index (χ3n) is 3.84. The standard InChI is InChI=1S/C13H26N2O/c1-4-13(2,3)9-15-12(16)10-5-7-11(14)8-6-10/h10-11H,4-9,14H2,1-3H3,(H,15,16). The van der Waals surface area contributed by atoms with Crippen LogP contribution in [-0.4, -0.2) is 18.5 Å². The zero-order valence-electron chi connectivity index (χ0n) is 10.9. The van der Waals surface area contributed by atoms with E-state index in [2.05, 4.69) is 26.1 Å². The summed E-state index contributed by atoms with van der Waals surface area (Å²) in [7, 11) is 0. The van der Waals surface area contributed by atoms with Gasteiger partial charge in [0.1, 0.15) is 0 Å². The zero-order valence-corrected chi connectivity index (χ0v) is 10.9. The lowest BCUT2D eigenvalue weighted by Gasteiger charge is -2.28. The van der Waals surface area contributed by atoms with Crippen molar-refractivity contribution in [2.75, 3.05) is 6.54 Å². The van der Waals surface area contributed by atoms with Gasteiger partial charge in [-0.25, -0.2) is 0 Å². The van der Waals surface area contributed by atoms with Crippen LogP contribution in [-0.2, 0) is 4.79 Å². The molecule has 3 heteroatoms. The van der Waals surface area contributed by atoms with Gasteiger partial charge >= 0.3 is 0 Å². The lowest BCUT2D eigenvalue weighted by Crippen LogP contribution is -2.40. The van der Waals surface area contributed by atoms with Crippen molar-refractivity contribution in [3.8, 4) is 0 Å². The van der Waals surface area contributed by atoms with Crippen molar-refractivity contribution < 1.29 is 4.79 Å². The molecule has 3 nitrogen and oxygen atoms in total. The van der Waals surface area contributed by atoms with Crippen LogP contribution >= 0.6 is 0 Å². The second-order valence-corrected chi connectivity index (χ2v) is 5.85. The number of nitrogens with two attached hydrogens (primary N) is 1. The predicted octanol–water partition coefficient (Wildman–Crippen LogP) is 2.06. The van der Waals surface area contributed by atoms with Crippen molar-refractivity contribution in [2.24, 2.45) is 17.1 Å². The Morgan fingerprint density at radius 1 is 1.31 bits per heavy atom. The molecule has 1 saturated carbocycles. The Hall–Kier alpha value is -0.570. The molecule has 16 heavy (non-hydrogen) atoms. The summed E-state index contributed by atoms with van der Waals surface area (Å²) in [5, 5.41) is 3.08. The molecule has 1 aliphatic rings. The van der Waals surface area contributed by atoms with Gasteiger partial charge in [0.05, 0.1) is 0 Å². The maximum Gasteiger partial charge on any atom is 0.223 e. The van der Waals surface area contributed by atoms with E-state index in [9.17, 15) is 4.79 Å². The van der Waals surface area contributed by atoms with Gasteiger partial charge in [-0.3, -0.25) is 4.79 Å². The molecule has 0 aliphatic heterocycles. The Labute approximate surface area is 99.2 Å². The summed E-state index contributed by atoms with van der Waals surface area (Å²) >= 11 is 0. The number of amides is 1. The Balaban J connectivity index is 2.30. The Kier molecular flexibility index (Phi) is 4.78. The smallest absolute Gasteiger partial charge is 0.223 e. The number of hydrogen-bond acceptors (Lipinski definition) is 2. The van der Waals surface area contributed by atoms with Crippen LogP contribution in [0.4, 0.5) is 0 Å². The second-order valence-electron chi connectivity index (χ2n) is 5.85. The van der Waals surface area contributed by atoms with Crippen molar-refractivity contribution >= 4 is 5.91 Å². The van der Waals surface area contributed by atoms with Crippen LogP contribution in [0.2, 0.25) is 0 Å². The Bertz CT molecular complexity index is 230. The molecule has 1 fully saturated rings. The fourth-order valence-electron chi connectivity index (χ4n) is 1.98. The lowest BCUT2D eigenvalue weighted by molar-refractivity contribution is -0.126. The summed E-state index contributed by atoms with van der Waals surface area (Å²) in [5.41, 5.74) is 6.04. The molecule has 0 unspecified atom stereocenters. The molecule has 3 N–H and O–H groups in total. The van der Waals surface area contributed by atoms with Crippen molar-refractivity contribution in [2.45, 2.75) is 58.9 Å². The predicted molar refractivity (Wildman–Crippen MR) is 67.0 cm³/mol. The largest absolute Gasteiger partial charge is 0.355 e. The molecule has 0 spiro atoms. The number of hydrogen-bond donors (Lipinski definition) is 2. The van der Waals surface area contributed by atoms with Crippen molar-refractivity contribution in [3.63, 3.8) is 0 Å². The van der Waals surface area contributed by atoms with Gasteiger partial charge in [-0.2, -0.15) is 0 Å². The van der Waals surface area contributed by atoms with Crippen molar-refractivity contribution in [1.82, 2.24) is 5.32 Å². The van der Waals surface area contributed by atoms with Gasteiger partial charge < -0.3 is 11.1 Å². The highest BCUT2D eigenvalue weighted by Gasteiger charge is 2.25. The average molecular weight is 226 g/mol. The zero-order chi connectivity index (χ0) is 12.2. The van der Waals surface area contributed by atoms with Crippen LogP contribution in [0.3, 0.4) is 0 Å². The first-order chi connectivity index (χ1) is 7.44. The summed E-state index contributed by atoms with van der Waals surface area (Å²) in [6, 6.07) is 0.316. The van der Waals surface area contributed by atoms with E-state index in [1.165, 1.54) is 0 Å². The molecule has 0 atom stereocenters. The summed E-state index contributed by atoms with van der Waals surface area (Å²) in [4.78, 5) is 11.9. The minimum absolute atomic E-state index is 0.201. The normalized spacial score (nSPS) is 26.5. The number of carbonyl (C=O) groups excluding carboxylic acids is 1. The Morgan fingerprint density at radius 3 is 2.38 bits per heavy atom. The SMILES string of the molecule is CCC(C)(C)CNC(=O)C1CCC(N)CC1. The van der Waals surface area contributed by atoms with E-state index in [-0.39, 0.29) is 17.2 Å². The lowest BCUT2D eigenvalue weighted by atomic mass is 9.85. The summed E-state index contributed by atoms with van der Waals surface area (Å²) < 4.78 is 0. The monoisotopic (exact) mass is 226 g/mol. The van der Waals surface area contributed by atoms with E-state index in [0.717, 1.165) is 38.6 Å². The molecular weight excluding hydrogens is 200 g/mol. The maximum absolute atomic E-state index is 11.9. The third kappa shape index (κ3) is 4.12. The quantitative estimate of drug-likeness (QED) is 0.771. The summed E-state index contributed by atoms with van der Waals surface area (Å²) in [6.07, 6.45) is 4.99. The molecule has 0 aromatic heterocycles. The van der Waals surface area contributed by atoms with Crippen LogP contribution in [0.1, 0.15) is 52.9 Å². The molecule has 0 radical (unpaired) electrons. The second kappa shape index (κ2) is 5.67. The number of nitrogens with one attached hydrogen (secondary N) is 1. The van der Waals surface area contributed by atoms with Gasteiger partial charge in [0.2, 0.25) is 5.91 Å². The van der Waals surface area contributed by atoms with Crippen LogP contribution in [0, 0.1) is 11.3 Å². The van der Waals surface area contributed by atoms with Crippen LogP contribution in [0.15, 0.2) is 0 Å². The van der Waals surface area contributed by atoms with Gasteiger partial charge in [-0.1, -0.05) is 20.8 Å². The summed E-state index contributed by atoms with van der Waals surface area (Å²) in [5.74, 6) is 0.431. The van der Waals surface area contributed by atoms with Crippen LogP contribution in [0.25, 0.3) is 0 Å². The molecule has 94 valence electrons. The molecule has 0 aromatic carbocycles. The molecule has 1 amide bonds. The van der Waals surface area contributed by atoms with E-state index < -0.39 is 0 Å². The van der Waals surface area contributed by atoms with Gasteiger partial charge in [0, 0.05) is 18.5 Å². The summed E-state index contributed by atoms with van der Waals surface area (Å²) in [6.45, 7) is 7.31. The topological polar surface area (TPSA) is 55.1 Å². The molecule has 0 saturated heterocycles. The third-order valence-corrected chi connectivity index (χ3v) is 3.84. The first-order valence-electron chi connectivity index (χ1n) is 6.48. The van der Waals surface area contributed by atoms with Crippen molar-refractivity contribution in [3.05, 3.63) is 0 Å². The van der Waals surface area contributed by atoms with Crippen LogP contribution < -0.4 is 11.1 Å². The highest BCUT2D eigenvalue weighted by atomic mass is 16.1. The number of rotatable bonds is 4. The van der Waals surface area contributed by atoms with Crippen LogP contribution in [0.5, 0.6) is 0 Å². The molecule has 1 rings (SSSR count). The molecular formula is C13H26N2O. The fraction of sp³-hybridized carbons (Fsp3) is 0.923. The molecule has 0 heterocycles. The minimum Gasteiger partial charge on any atom is -0.355 e. The van der Waals surface area contributed by atoms with Gasteiger partial charge in [-0.15, -0.1) is 0 Å². The van der Waals surface area contributed by atoms with Gasteiger partial charge in [0.15, 0.2) is 0 Å². The fourth-order valence-corrected chi connectivity index (χ4v) is 1.98. The first kappa shape index (κ1) is 13.5. The highest BCUT2D eigenvalue weighted by molar-refractivity contribution is 5.78. The Morgan fingerprint density at radius 2 is 1.88 bits per heavy atom. The molecule has 0 bridgehead atoms. The first-order valence-corrected chi connectivity index (χ1v) is 6.48. The van der Waals surface area contributed by atoms with E-state index in [0.29, 0.717) is 6.04 Å².